The first-order valence-corrected chi connectivity index (χ1v) is 7.35. The summed E-state index contributed by atoms with van der Waals surface area (Å²) in [7, 11) is 0. The SMILES string of the molecule is CCCn1cc(CNc2ccc(I)cc2Cl)cn1. The van der Waals surface area contributed by atoms with Crippen molar-refractivity contribution in [2.24, 2.45) is 0 Å². The third kappa shape index (κ3) is 3.62. The number of hydrogen-bond donors (Lipinski definition) is 1. The lowest BCUT2D eigenvalue weighted by Gasteiger charge is -2.07. The largest absolute Gasteiger partial charge is 0.380 e. The minimum Gasteiger partial charge on any atom is -0.380 e. The summed E-state index contributed by atoms with van der Waals surface area (Å²) in [6.45, 7) is 3.85. The summed E-state index contributed by atoms with van der Waals surface area (Å²) >= 11 is 8.41. The van der Waals surface area contributed by atoms with Crippen LogP contribution in [0, 0.1) is 3.57 Å². The van der Waals surface area contributed by atoms with E-state index in [0.717, 1.165) is 39.4 Å². The Labute approximate surface area is 126 Å². The molecule has 18 heavy (non-hydrogen) atoms. The molecule has 0 aliphatic rings. The molecule has 1 heterocycles. The molecule has 0 amide bonds. The molecule has 0 saturated carbocycles. The second kappa shape index (κ2) is 6.43. The number of nitrogens with one attached hydrogen (secondary N) is 1. The van der Waals surface area contributed by atoms with Crippen LogP contribution in [0.3, 0.4) is 0 Å². The van der Waals surface area contributed by atoms with Crippen LogP contribution in [0.5, 0.6) is 0 Å². The maximum atomic E-state index is 6.16. The molecule has 5 heteroatoms. The van der Waals surface area contributed by atoms with Gasteiger partial charge in [-0.25, -0.2) is 0 Å². The summed E-state index contributed by atoms with van der Waals surface area (Å²) in [5, 5.41) is 8.37. The van der Waals surface area contributed by atoms with Crippen LogP contribution in [0.4, 0.5) is 5.69 Å². The number of nitrogens with zero attached hydrogens (tertiary/aromatic N) is 2. The van der Waals surface area contributed by atoms with Gasteiger partial charge in [-0.3, -0.25) is 4.68 Å². The van der Waals surface area contributed by atoms with Crippen molar-refractivity contribution >= 4 is 39.9 Å². The van der Waals surface area contributed by atoms with E-state index in [1.165, 1.54) is 0 Å². The van der Waals surface area contributed by atoms with Crippen molar-refractivity contribution in [2.45, 2.75) is 26.4 Å². The zero-order valence-electron chi connectivity index (χ0n) is 10.2. The Morgan fingerprint density at radius 2 is 2.28 bits per heavy atom. The van der Waals surface area contributed by atoms with Gasteiger partial charge in [-0.2, -0.15) is 5.10 Å². The summed E-state index contributed by atoms with van der Waals surface area (Å²) in [6.07, 6.45) is 5.05. The molecule has 3 nitrogen and oxygen atoms in total. The van der Waals surface area contributed by atoms with Crippen molar-refractivity contribution in [1.82, 2.24) is 9.78 Å². The lowest BCUT2D eigenvalue weighted by atomic mass is 10.3. The highest BCUT2D eigenvalue weighted by atomic mass is 127. The number of hydrogen-bond acceptors (Lipinski definition) is 2. The van der Waals surface area contributed by atoms with E-state index in [-0.39, 0.29) is 0 Å². The van der Waals surface area contributed by atoms with Gasteiger partial charge < -0.3 is 5.32 Å². The summed E-state index contributed by atoms with van der Waals surface area (Å²) in [6, 6.07) is 5.99. The highest BCUT2D eigenvalue weighted by Gasteiger charge is 2.02. The number of aryl methyl sites for hydroxylation is 1. The van der Waals surface area contributed by atoms with Crippen LogP contribution in [-0.4, -0.2) is 9.78 Å². The summed E-state index contributed by atoms with van der Waals surface area (Å²) in [5.74, 6) is 0. The number of halogens is 2. The molecular formula is C13H15ClIN3. The fourth-order valence-corrected chi connectivity index (χ4v) is 2.60. The molecule has 0 radical (unpaired) electrons. The normalized spacial score (nSPS) is 10.6. The minimum absolute atomic E-state index is 0.740. The lowest BCUT2D eigenvalue weighted by molar-refractivity contribution is 0.602. The Morgan fingerprint density at radius 1 is 1.44 bits per heavy atom. The van der Waals surface area contributed by atoms with E-state index < -0.39 is 0 Å². The summed E-state index contributed by atoms with van der Waals surface area (Å²) in [4.78, 5) is 0. The van der Waals surface area contributed by atoms with Crippen LogP contribution in [0.15, 0.2) is 30.6 Å². The number of anilines is 1. The van der Waals surface area contributed by atoms with E-state index in [2.05, 4.69) is 46.1 Å². The van der Waals surface area contributed by atoms with Gasteiger partial charge in [0.05, 0.1) is 16.9 Å². The number of rotatable bonds is 5. The first-order chi connectivity index (χ1) is 8.69. The number of benzene rings is 1. The first kappa shape index (κ1) is 13.7. The van der Waals surface area contributed by atoms with Crippen LogP contribution in [0.25, 0.3) is 0 Å². The smallest absolute Gasteiger partial charge is 0.0648 e. The van der Waals surface area contributed by atoms with Gasteiger partial charge in [0.25, 0.3) is 0 Å². The molecule has 2 aromatic rings. The quantitative estimate of drug-likeness (QED) is 0.795. The molecule has 0 bridgehead atoms. The highest BCUT2D eigenvalue weighted by Crippen LogP contribution is 2.24. The molecular weight excluding hydrogens is 361 g/mol. The van der Waals surface area contributed by atoms with E-state index >= 15 is 0 Å². The average Bonchev–Trinajstić information content (AvgIpc) is 2.76. The molecule has 0 spiro atoms. The Balaban J connectivity index is 1.97. The van der Waals surface area contributed by atoms with Crippen molar-refractivity contribution < 1.29 is 0 Å². The minimum atomic E-state index is 0.740. The average molecular weight is 376 g/mol. The van der Waals surface area contributed by atoms with Gasteiger partial charge in [-0.1, -0.05) is 18.5 Å². The van der Waals surface area contributed by atoms with E-state index in [1.54, 1.807) is 0 Å². The van der Waals surface area contributed by atoms with Gasteiger partial charge in [0.15, 0.2) is 0 Å². The Kier molecular flexibility index (Phi) is 4.88. The lowest BCUT2D eigenvalue weighted by Crippen LogP contribution is -1.99. The fourth-order valence-electron chi connectivity index (χ4n) is 1.68. The molecule has 2 rings (SSSR count). The predicted octanol–water partition coefficient (Wildman–Crippen LogP) is 4.16. The molecule has 96 valence electrons. The van der Waals surface area contributed by atoms with Crippen molar-refractivity contribution in [3.8, 4) is 0 Å². The molecule has 1 aromatic heterocycles. The maximum Gasteiger partial charge on any atom is 0.0648 e. The van der Waals surface area contributed by atoms with Gasteiger partial charge in [-0.15, -0.1) is 0 Å². The zero-order valence-corrected chi connectivity index (χ0v) is 13.1. The molecule has 0 fully saturated rings. The zero-order chi connectivity index (χ0) is 13.0. The third-order valence-corrected chi connectivity index (χ3v) is 3.54. The predicted molar refractivity (Wildman–Crippen MR) is 84.0 cm³/mol. The Morgan fingerprint density at radius 3 is 3.00 bits per heavy atom. The van der Waals surface area contributed by atoms with E-state index in [1.807, 2.05) is 29.1 Å². The monoisotopic (exact) mass is 375 g/mol. The fraction of sp³-hybridized carbons (Fsp3) is 0.308. The Hall–Kier alpha value is -0.750. The standard InChI is InChI=1S/C13H15ClIN3/c1-2-5-18-9-10(8-17-18)7-16-13-4-3-11(15)6-12(13)14/h3-4,6,8-9,16H,2,5,7H2,1H3. The van der Waals surface area contributed by atoms with Crippen LogP contribution < -0.4 is 5.32 Å². The van der Waals surface area contributed by atoms with Gasteiger partial charge in [-0.05, 0) is 47.2 Å². The van der Waals surface area contributed by atoms with Crippen molar-refractivity contribution in [2.75, 3.05) is 5.32 Å². The second-order valence-corrected chi connectivity index (χ2v) is 5.74. The first-order valence-electron chi connectivity index (χ1n) is 5.89. The summed E-state index contributed by atoms with van der Waals surface area (Å²) < 4.78 is 3.10. The molecule has 0 saturated heterocycles. The maximum absolute atomic E-state index is 6.16. The number of aromatic nitrogens is 2. The molecule has 0 atom stereocenters. The van der Waals surface area contributed by atoms with E-state index in [0.29, 0.717) is 0 Å². The van der Waals surface area contributed by atoms with Gasteiger partial charge >= 0.3 is 0 Å². The van der Waals surface area contributed by atoms with Crippen LogP contribution >= 0.6 is 34.2 Å². The third-order valence-electron chi connectivity index (χ3n) is 2.55. The highest BCUT2D eigenvalue weighted by molar-refractivity contribution is 14.1. The molecule has 0 aliphatic heterocycles. The summed E-state index contributed by atoms with van der Waals surface area (Å²) in [5.41, 5.74) is 2.12. The van der Waals surface area contributed by atoms with Gasteiger partial charge in [0, 0.05) is 28.4 Å². The molecule has 1 N–H and O–H groups in total. The van der Waals surface area contributed by atoms with Gasteiger partial charge in [0.2, 0.25) is 0 Å². The van der Waals surface area contributed by atoms with Crippen molar-refractivity contribution in [1.29, 1.82) is 0 Å². The molecule has 0 aliphatic carbocycles. The Bertz CT molecular complexity index is 525. The van der Waals surface area contributed by atoms with Crippen molar-refractivity contribution in [3.63, 3.8) is 0 Å². The molecule has 1 aromatic carbocycles. The van der Waals surface area contributed by atoms with Crippen LogP contribution in [-0.2, 0) is 13.1 Å². The second-order valence-electron chi connectivity index (χ2n) is 4.09. The van der Waals surface area contributed by atoms with E-state index in [4.69, 9.17) is 11.6 Å². The van der Waals surface area contributed by atoms with Crippen LogP contribution in [0.1, 0.15) is 18.9 Å². The van der Waals surface area contributed by atoms with Crippen LogP contribution in [0.2, 0.25) is 5.02 Å². The molecule has 0 unspecified atom stereocenters. The van der Waals surface area contributed by atoms with Gasteiger partial charge in [0.1, 0.15) is 0 Å². The topological polar surface area (TPSA) is 29.9 Å². The van der Waals surface area contributed by atoms with Crippen molar-refractivity contribution in [3.05, 3.63) is 44.7 Å². The van der Waals surface area contributed by atoms with E-state index in [9.17, 15) is 0 Å².